The van der Waals surface area contributed by atoms with Gasteiger partial charge in [0.05, 0.1) is 6.54 Å². The number of hydrogen-bond acceptors (Lipinski definition) is 9. The van der Waals surface area contributed by atoms with E-state index < -0.39 is 0 Å². The first-order valence-corrected chi connectivity index (χ1v) is 12.5. The molecule has 1 saturated heterocycles. The molecule has 0 bridgehead atoms. The maximum absolute atomic E-state index is 13.3. The van der Waals surface area contributed by atoms with Crippen LogP contribution in [-0.2, 0) is 6.54 Å². The van der Waals surface area contributed by atoms with Crippen molar-refractivity contribution in [3.05, 3.63) is 71.2 Å². The lowest BCUT2D eigenvalue weighted by atomic mass is 10.1. The molecular formula is C27H33N9O2. The van der Waals surface area contributed by atoms with Crippen molar-refractivity contribution >= 4 is 34.6 Å². The minimum atomic E-state index is -0.237. The highest BCUT2D eigenvalue weighted by atomic mass is 16.5. The Bertz CT molecular complexity index is 1540. The molecule has 4 aromatic rings. The molecule has 1 aromatic carbocycles. The summed E-state index contributed by atoms with van der Waals surface area (Å²) >= 11 is 0. The number of nitrogens with zero attached hydrogens (tertiary/aromatic N) is 6. The summed E-state index contributed by atoms with van der Waals surface area (Å²) in [4.78, 5) is 29.4. The molecule has 0 atom stereocenters. The molecule has 5 rings (SSSR count). The van der Waals surface area contributed by atoms with Crippen LogP contribution in [0.2, 0.25) is 0 Å². The van der Waals surface area contributed by atoms with Crippen molar-refractivity contribution < 1.29 is 6.16 Å². The lowest BCUT2D eigenvalue weighted by Crippen LogP contribution is -2.35. The van der Waals surface area contributed by atoms with Gasteiger partial charge in [-0.1, -0.05) is 12.1 Å². The Hall–Kier alpha value is -4.51. The van der Waals surface area contributed by atoms with Crippen LogP contribution in [-0.4, -0.2) is 68.7 Å². The summed E-state index contributed by atoms with van der Waals surface area (Å²) in [6.45, 7) is 6.05. The molecule has 3 aromatic heterocycles. The van der Waals surface area contributed by atoms with Crippen LogP contribution in [0.4, 0.5) is 17.3 Å². The number of allylic oxidation sites excluding steroid dienone is 1. The Labute approximate surface area is 221 Å². The van der Waals surface area contributed by atoms with E-state index >= 15 is 0 Å². The van der Waals surface area contributed by atoms with Gasteiger partial charge in [0.25, 0.3) is 5.56 Å². The van der Waals surface area contributed by atoms with E-state index in [9.17, 15) is 4.79 Å². The van der Waals surface area contributed by atoms with Crippen molar-refractivity contribution in [1.82, 2.24) is 29.2 Å². The fraction of sp³-hybridized carbons (Fsp3) is 0.296. The van der Waals surface area contributed by atoms with Gasteiger partial charge in [0, 0.05) is 57.0 Å². The number of benzene rings is 1. The van der Waals surface area contributed by atoms with Crippen LogP contribution in [0, 0.1) is 5.41 Å². The topological polar surface area (TPSA) is 126 Å². The van der Waals surface area contributed by atoms with Gasteiger partial charge in [-0.25, -0.2) is 14.3 Å². The van der Waals surface area contributed by atoms with Crippen LogP contribution in [0.15, 0.2) is 60.0 Å². The van der Waals surface area contributed by atoms with E-state index in [4.69, 9.17) is 15.1 Å². The molecule has 1 aliphatic heterocycles. The summed E-state index contributed by atoms with van der Waals surface area (Å²) in [5.41, 5.74) is 2.45. The first kappa shape index (κ1) is 25.2. The molecule has 0 spiro atoms. The molecule has 38 heavy (non-hydrogen) atoms. The van der Waals surface area contributed by atoms with Gasteiger partial charge >= 0.3 is 0 Å². The second-order valence-electron chi connectivity index (χ2n) is 9.19. The van der Waals surface area contributed by atoms with Crippen molar-refractivity contribution in [3.63, 3.8) is 0 Å². The quantitative estimate of drug-likeness (QED) is 0.228. The van der Waals surface area contributed by atoms with E-state index in [2.05, 4.69) is 39.1 Å². The van der Waals surface area contributed by atoms with Crippen LogP contribution < -0.4 is 20.9 Å². The molecule has 0 aliphatic carbocycles. The second kappa shape index (κ2) is 10.9. The van der Waals surface area contributed by atoms with Gasteiger partial charge < -0.3 is 25.7 Å². The average Bonchev–Trinajstić information content (AvgIpc) is 3.20. The summed E-state index contributed by atoms with van der Waals surface area (Å²) < 4.78 is 9.42. The van der Waals surface area contributed by atoms with E-state index in [1.54, 1.807) is 10.8 Å². The van der Waals surface area contributed by atoms with Gasteiger partial charge in [-0.2, -0.15) is 9.97 Å². The summed E-state index contributed by atoms with van der Waals surface area (Å²) in [6.07, 6.45) is 6.43. The Balaban J connectivity index is 0.00000353. The Kier molecular flexibility index (Phi) is 7.18. The molecule has 0 saturated carbocycles. The molecule has 0 amide bonds. The molecule has 4 heterocycles. The first-order chi connectivity index (χ1) is 18.5. The van der Waals surface area contributed by atoms with Gasteiger partial charge in [0.15, 0.2) is 11.5 Å². The average molecular weight is 516 g/mol. The number of fused-ring (bicyclic) bond motifs is 1. The Morgan fingerprint density at radius 1 is 1.24 bits per heavy atom. The van der Waals surface area contributed by atoms with E-state index in [-0.39, 0.29) is 19.6 Å². The molecule has 11 heteroatoms. The summed E-state index contributed by atoms with van der Waals surface area (Å²) in [5.74, 6) is 1.33. The lowest BCUT2D eigenvalue weighted by molar-refractivity contribution is 0.110. The van der Waals surface area contributed by atoms with Gasteiger partial charge in [-0.15, -0.1) is 6.58 Å². The standard InChI is InChI=1S/C27H31N9O2.H2/c1-4-12-35-26(37)21-17-30-27(31-19-8-9-22(29-2)18(15-19)16-28)33-25(21)36(35)23-6-5-7-24(32-23)38-20-10-13-34(3)14-11-20;/h4-9,15-17,20,28-29H,1,10-14H2,2-3H3,(H,30,31,33);1H. The van der Waals surface area contributed by atoms with Crippen LogP contribution in [0.5, 0.6) is 5.88 Å². The van der Waals surface area contributed by atoms with E-state index in [0.717, 1.165) is 37.2 Å². The summed E-state index contributed by atoms with van der Waals surface area (Å²) in [5, 5.41) is 14.3. The largest absolute Gasteiger partial charge is 0.474 e. The zero-order valence-electron chi connectivity index (χ0n) is 21.5. The van der Waals surface area contributed by atoms with Crippen molar-refractivity contribution in [2.75, 3.05) is 37.8 Å². The van der Waals surface area contributed by atoms with Crippen molar-refractivity contribution in [2.24, 2.45) is 0 Å². The molecule has 1 aliphatic rings. The number of anilines is 3. The van der Waals surface area contributed by atoms with Crippen LogP contribution in [0.25, 0.3) is 16.9 Å². The molecular weight excluding hydrogens is 482 g/mol. The Morgan fingerprint density at radius 2 is 2.05 bits per heavy atom. The van der Waals surface area contributed by atoms with Gasteiger partial charge in [0.1, 0.15) is 11.5 Å². The number of ether oxygens (including phenoxy) is 1. The van der Waals surface area contributed by atoms with Crippen molar-refractivity contribution in [2.45, 2.75) is 25.5 Å². The number of likely N-dealkylation sites (tertiary alicyclic amines) is 1. The molecule has 3 N–H and O–H groups in total. The minimum Gasteiger partial charge on any atom is -0.474 e. The number of rotatable bonds is 9. The smallest absolute Gasteiger partial charge is 0.278 e. The number of nitrogens with one attached hydrogen (secondary N) is 3. The van der Waals surface area contributed by atoms with E-state index in [1.165, 1.54) is 17.1 Å². The number of hydrogen-bond donors (Lipinski definition) is 3. The van der Waals surface area contributed by atoms with Gasteiger partial charge in [-0.05, 0) is 44.2 Å². The third-order valence-electron chi connectivity index (χ3n) is 6.59. The van der Waals surface area contributed by atoms with Crippen LogP contribution >= 0.6 is 0 Å². The predicted octanol–water partition coefficient (Wildman–Crippen LogP) is 3.67. The maximum atomic E-state index is 13.3. The molecule has 198 valence electrons. The zero-order valence-corrected chi connectivity index (χ0v) is 21.5. The molecule has 0 unspecified atom stereocenters. The van der Waals surface area contributed by atoms with Crippen LogP contribution in [0.1, 0.15) is 19.8 Å². The number of pyridine rings is 1. The highest BCUT2D eigenvalue weighted by Gasteiger charge is 2.21. The third-order valence-corrected chi connectivity index (χ3v) is 6.59. The molecule has 1 fully saturated rings. The predicted molar refractivity (Wildman–Crippen MR) is 152 cm³/mol. The third kappa shape index (κ3) is 5.00. The number of piperidine rings is 1. The monoisotopic (exact) mass is 515 g/mol. The second-order valence-corrected chi connectivity index (χ2v) is 9.19. The van der Waals surface area contributed by atoms with Crippen molar-refractivity contribution in [3.8, 4) is 11.7 Å². The number of aromatic nitrogens is 5. The highest BCUT2D eigenvalue weighted by molar-refractivity contribution is 5.88. The molecule has 0 radical (unpaired) electrons. The van der Waals surface area contributed by atoms with E-state index in [0.29, 0.717) is 34.4 Å². The fourth-order valence-corrected chi connectivity index (χ4v) is 4.59. The summed E-state index contributed by atoms with van der Waals surface area (Å²) in [6, 6.07) is 11.1. The zero-order chi connectivity index (χ0) is 26.6. The molecule has 11 nitrogen and oxygen atoms in total. The summed E-state index contributed by atoms with van der Waals surface area (Å²) in [7, 11) is 3.92. The highest BCUT2D eigenvalue weighted by Crippen LogP contribution is 2.23. The SMILES string of the molecule is C=CCn1c(=O)c2cnc(Nc3ccc(NC)c(C=N)c3)nc2n1-c1cccc(OC2CCN(C)CC2)n1.[HH]. The minimum absolute atomic E-state index is 0. The Morgan fingerprint density at radius 3 is 2.79 bits per heavy atom. The van der Waals surface area contributed by atoms with Crippen LogP contribution in [0.3, 0.4) is 0 Å². The van der Waals surface area contributed by atoms with Crippen molar-refractivity contribution in [1.29, 1.82) is 5.41 Å². The maximum Gasteiger partial charge on any atom is 0.278 e. The fourth-order valence-electron chi connectivity index (χ4n) is 4.59. The normalized spacial score (nSPS) is 14.4. The first-order valence-electron chi connectivity index (χ1n) is 12.5. The van der Waals surface area contributed by atoms with Gasteiger partial charge in [-0.3, -0.25) is 4.79 Å². The van der Waals surface area contributed by atoms with E-state index in [1.807, 2.05) is 43.4 Å². The lowest BCUT2D eigenvalue weighted by Gasteiger charge is -2.29. The van der Waals surface area contributed by atoms with Gasteiger partial charge in [0.2, 0.25) is 11.8 Å².